The summed E-state index contributed by atoms with van der Waals surface area (Å²) in [5.41, 5.74) is 3.44. The molecule has 0 bridgehead atoms. The van der Waals surface area contributed by atoms with Crippen LogP contribution in [-0.2, 0) is 6.54 Å². The van der Waals surface area contributed by atoms with Crippen LogP contribution in [0.4, 0.5) is 0 Å². The van der Waals surface area contributed by atoms with Crippen molar-refractivity contribution >= 4 is 18.2 Å². The number of nitrogens with zero attached hydrogens (tertiary/aromatic N) is 4. The van der Waals surface area contributed by atoms with E-state index in [1.54, 1.807) is 24.7 Å². The summed E-state index contributed by atoms with van der Waals surface area (Å²) in [5.74, 6) is 1.38. The fourth-order valence-electron chi connectivity index (χ4n) is 3.48. The van der Waals surface area contributed by atoms with Crippen LogP contribution in [0.3, 0.4) is 0 Å². The highest BCUT2D eigenvalue weighted by atomic mass is 16.3. The Kier molecular flexibility index (Phi) is 4.24. The molecule has 0 spiro atoms. The van der Waals surface area contributed by atoms with Crippen molar-refractivity contribution in [1.82, 2.24) is 19.4 Å². The summed E-state index contributed by atoms with van der Waals surface area (Å²) >= 11 is 0. The summed E-state index contributed by atoms with van der Waals surface area (Å²) < 4.78 is 7.27. The first-order valence-corrected chi connectivity index (χ1v) is 8.77. The maximum absolute atomic E-state index is 12.9. The minimum absolute atomic E-state index is 0.0253. The Labute approximate surface area is 157 Å². The van der Waals surface area contributed by atoms with Gasteiger partial charge in [0.25, 0.3) is 5.91 Å². The van der Waals surface area contributed by atoms with Crippen molar-refractivity contribution in [3.63, 3.8) is 0 Å². The van der Waals surface area contributed by atoms with E-state index in [4.69, 9.17) is 4.42 Å². The highest BCUT2D eigenvalue weighted by molar-refractivity contribution is 6.00. The van der Waals surface area contributed by atoms with Crippen LogP contribution in [0.1, 0.15) is 40.3 Å². The number of rotatable bonds is 6. The van der Waals surface area contributed by atoms with Gasteiger partial charge in [0.2, 0.25) is 5.89 Å². The third-order valence-corrected chi connectivity index (χ3v) is 4.86. The molecule has 3 heterocycles. The number of carbonyl (C=O) groups is 1. The Balaban J connectivity index is 1.58. The van der Waals surface area contributed by atoms with E-state index in [1.165, 1.54) is 0 Å². The summed E-state index contributed by atoms with van der Waals surface area (Å²) in [6.07, 6.45) is 8.47. The molecule has 1 aliphatic heterocycles. The molecule has 1 unspecified atom stereocenters. The number of fused-ring (bicyclic) bond motifs is 1. The van der Waals surface area contributed by atoms with Crippen LogP contribution in [0.15, 0.2) is 54.4 Å². The zero-order valence-corrected chi connectivity index (χ0v) is 15.1. The first kappa shape index (κ1) is 17.0. The molecule has 4 rings (SSSR count). The van der Waals surface area contributed by atoms with Crippen LogP contribution in [0, 0.1) is 0 Å². The molecular formula is C21H20N4O2. The highest BCUT2D eigenvalue weighted by Crippen LogP contribution is 2.33. The number of oxazole rings is 1. The van der Waals surface area contributed by atoms with Crippen molar-refractivity contribution in [3.05, 3.63) is 72.7 Å². The van der Waals surface area contributed by atoms with Crippen LogP contribution in [0.2, 0.25) is 0 Å². The monoisotopic (exact) mass is 360 g/mol. The second-order valence-corrected chi connectivity index (χ2v) is 6.57. The average Bonchev–Trinajstić information content (AvgIpc) is 3.41. The van der Waals surface area contributed by atoms with E-state index in [9.17, 15) is 4.79 Å². The smallest absolute Gasteiger partial charge is 0.254 e. The second kappa shape index (κ2) is 6.72. The van der Waals surface area contributed by atoms with E-state index in [-0.39, 0.29) is 11.8 Å². The zero-order valence-electron chi connectivity index (χ0n) is 15.1. The summed E-state index contributed by atoms with van der Waals surface area (Å²) in [4.78, 5) is 23.5. The van der Waals surface area contributed by atoms with E-state index in [0.717, 1.165) is 22.6 Å². The van der Waals surface area contributed by atoms with Gasteiger partial charge >= 0.3 is 0 Å². The Morgan fingerprint density at radius 3 is 2.81 bits per heavy atom. The van der Waals surface area contributed by atoms with Crippen LogP contribution in [0.25, 0.3) is 23.7 Å². The average molecular weight is 360 g/mol. The lowest BCUT2D eigenvalue weighted by molar-refractivity contribution is 0.0770. The summed E-state index contributed by atoms with van der Waals surface area (Å²) in [6, 6.07) is 5.66. The minimum atomic E-state index is 0.0253. The Bertz CT molecular complexity index is 991. The van der Waals surface area contributed by atoms with Gasteiger partial charge in [0, 0.05) is 42.5 Å². The summed E-state index contributed by atoms with van der Waals surface area (Å²) in [6.45, 7) is 10.7. The standard InChI is InChI=1S/C21H20N4O2/c1-4-19-23-18(13-24(19)5-2)14(3)11-25-12-17-15(20-22-9-10-27-20)7-6-8-16(17)21(25)26/h4-10,13-14H,1-2,11-12H2,3H3. The molecule has 6 nitrogen and oxygen atoms in total. The Morgan fingerprint density at radius 1 is 1.33 bits per heavy atom. The second-order valence-electron chi connectivity index (χ2n) is 6.57. The fraction of sp³-hybridized carbons (Fsp3) is 0.190. The van der Waals surface area contributed by atoms with Crippen molar-refractivity contribution in [1.29, 1.82) is 0 Å². The van der Waals surface area contributed by atoms with Crippen molar-refractivity contribution in [2.24, 2.45) is 0 Å². The molecule has 136 valence electrons. The number of carbonyl (C=O) groups excluding carboxylic acids is 1. The topological polar surface area (TPSA) is 64.2 Å². The predicted molar refractivity (Wildman–Crippen MR) is 104 cm³/mol. The third kappa shape index (κ3) is 2.89. The van der Waals surface area contributed by atoms with Crippen molar-refractivity contribution in [3.8, 4) is 11.5 Å². The molecule has 0 aliphatic carbocycles. The molecule has 0 N–H and O–H groups in total. The van der Waals surface area contributed by atoms with Gasteiger partial charge < -0.3 is 13.9 Å². The van der Waals surface area contributed by atoms with Gasteiger partial charge in [-0.1, -0.05) is 26.1 Å². The van der Waals surface area contributed by atoms with Crippen molar-refractivity contribution in [2.45, 2.75) is 19.4 Å². The molecule has 0 radical (unpaired) electrons. The van der Waals surface area contributed by atoms with Gasteiger partial charge in [-0.15, -0.1) is 0 Å². The largest absolute Gasteiger partial charge is 0.445 e. The summed E-state index contributed by atoms with van der Waals surface area (Å²) in [7, 11) is 0. The number of imidazole rings is 1. The van der Waals surface area contributed by atoms with Crippen molar-refractivity contribution in [2.75, 3.05) is 6.54 Å². The van der Waals surface area contributed by atoms with E-state index in [0.29, 0.717) is 24.5 Å². The van der Waals surface area contributed by atoms with Crippen LogP contribution >= 0.6 is 0 Å². The molecule has 1 atom stereocenters. The molecular weight excluding hydrogens is 340 g/mol. The quantitative estimate of drug-likeness (QED) is 0.665. The molecule has 0 fully saturated rings. The molecule has 0 saturated carbocycles. The normalized spacial score (nSPS) is 14.3. The fourth-order valence-corrected chi connectivity index (χ4v) is 3.48. The lowest BCUT2D eigenvalue weighted by atomic mass is 10.0. The first-order chi connectivity index (χ1) is 13.1. The van der Waals surface area contributed by atoms with Crippen molar-refractivity contribution < 1.29 is 9.21 Å². The van der Waals surface area contributed by atoms with Crippen LogP contribution < -0.4 is 0 Å². The van der Waals surface area contributed by atoms with Gasteiger partial charge in [0.15, 0.2) is 0 Å². The van der Waals surface area contributed by atoms with Crippen LogP contribution in [-0.4, -0.2) is 31.9 Å². The number of amides is 1. The SMILES string of the molecule is C=Cc1nc(C(C)CN2Cc3c(cccc3-c3ncco3)C2=O)cn1C=C. The lowest BCUT2D eigenvalue weighted by Crippen LogP contribution is -2.28. The third-order valence-electron chi connectivity index (χ3n) is 4.86. The maximum atomic E-state index is 12.9. The minimum Gasteiger partial charge on any atom is -0.445 e. The molecule has 2 aromatic heterocycles. The van der Waals surface area contributed by atoms with E-state index < -0.39 is 0 Å². The molecule has 27 heavy (non-hydrogen) atoms. The number of aromatic nitrogens is 3. The predicted octanol–water partition coefficient (Wildman–Crippen LogP) is 4.04. The number of hydrogen-bond donors (Lipinski definition) is 0. The molecule has 0 saturated heterocycles. The van der Waals surface area contributed by atoms with Gasteiger partial charge in [-0.3, -0.25) is 4.79 Å². The molecule has 1 aliphatic rings. The van der Waals surface area contributed by atoms with E-state index in [2.05, 4.69) is 30.0 Å². The van der Waals surface area contributed by atoms with Gasteiger partial charge in [-0.25, -0.2) is 9.97 Å². The van der Waals surface area contributed by atoms with Gasteiger partial charge in [-0.2, -0.15) is 0 Å². The Hall–Kier alpha value is -3.41. The van der Waals surface area contributed by atoms with Gasteiger partial charge in [0.1, 0.15) is 12.1 Å². The molecule has 6 heteroatoms. The van der Waals surface area contributed by atoms with Crippen LogP contribution in [0.5, 0.6) is 0 Å². The van der Waals surface area contributed by atoms with E-state index in [1.807, 2.05) is 33.9 Å². The molecule has 3 aromatic rings. The highest BCUT2D eigenvalue weighted by Gasteiger charge is 2.31. The van der Waals surface area contributed by atoms with Gasteiger partial charge in [-0.05, 0) is 23.8 Å². The lowest BCUT2D eigenvalue weighted by Gasteiger charge is -2.19. The number of hydrogen-bond acceptors (Lipinski definition) is 4. The zero-order chi connectivity index (χ0) is 19.0. The van der Waals surface area contributed by atoms with E-state index >= 15 is 0 Å². The molecule has 1 aromatic carbocycles. The summed E-state index contributed by atoms with van der Waals surface area (Å²) in [5, 5.41) is 0. The number of benzene rings is 1. The molecule has 1 amide bonds. The Morgan fingerprint density at radius 2 is 2.15 bits per heavy atom. The first-order valence-electron chi connectivity index (χ1n) is 8.77. The maximum Gasteiger partial charge on any atom is 0.254 e. The van der Waals surface area contributed by atoms with Gasteiger partial charge in [0.05, 0.1) is 11.9 Å².